The first-order chi connectivity index (χ1) is 6.70. The fourth-order valence-corrected chi connectivity index (χ4v) is 1.64. The van der Waals surface area contributed by atoms with Gasteiger partial charge in [0.1, 0.15) is 0 Å². The Kier molecular flexibility index (Phi) is 4.90. The van der Waals surface area contributed by atoms with Gasteiger partial charge in [0.15, 0.2) is 0 Å². The fraction of sp³-hybridized carbons (Fsp3) is 0.900. The molecule has 4 heteroatoms. The van der Waals surface area contributed by atoms with Crippen molar-refractivity contribution >= 4 is 5.91 Å². The normalized spacial score (nSPS) is 23.4. The first kappa shape index (κ1) is 11.5. The largest absolute Gasteiger partial charge is 0.393 e. The SMILES string of the molecule is CC(O)CCCNC(=O)C1CCCN1. The molecular weight excluding hydrogens is 180 g/mol. The second-order valence-electron chi connectivity index (χ2n) is 3.93. The Labute approximate surface area is 85.1 Å². The van der Waals surface area contributed by atoms with Gasteiger partial charge in [-0.25, -0.2) is 0 Å². The molecule has 1 aliphatic heterocycles. The minimum Gasteiger partial charge on any atom is -0.393 e. The number of aliphatic hydroxyl groups excluding tert-OH is 1. The Bertz CT molecular complexity index is 177. The number of carbonyl (C=O) groups excluding carboxylic acids is 1. The molecule has 0 aromatic carbocycles. The van der Waals surface area contributed by atoms with Crippen LogP contribution in [-0.4, -0.2) is 36.2 Å². The maximum absolute atomic E-state index is 11.5. The molecule has 1 saturated heterocycles. The van der Waals surface area contributed by atoms with Crippen molar-refractivity contribution in [2.45, 2.75) is 44.8 Å². The molecule has 2 unspecified atom stereocenters. The van der Waals surface area contributed by atoms with E-state index in [2.05, 4.69) is 10.6 Å². The third-order valence-corrected chi connectivity index (χ3v) is 2.47. The van der Waals surface area contributed by atoms with Gasteiger partial charge in [-0.15, -0.1) is 0 Å². The van der Waals surface area contributed by atoms with Crippen LogP contribution in [0.2, 0.25) is 0 Å². The van der Waals surface area contributed by atoms with Crippen molar-refractivity contribution in [3.05, 3.63) is 0 Å². The summed E-state index contributed by atoms with van der Waals surface area (Å²) < 4.78 is 0. The summed E-state index contributed by atoms with van der Waals surface area (Å²) in [7, 11) is 0. The van der Waals surface area contributed by atoms with E-state index in [1.807, 2.05) is 0 Å². The summed E-state index contributed by atoms with van der Waals surface area (Å²) in [6.07, 6.45) is 3.36. The lowest BCUT2D eigenvalue weighted by Gasteiger charge is -2.11. The van der Waals surface area contributed by atoms with E-state index in [9.17, 15) is 4.79 Å². The molecule has 14 heavy (non-hydrogen) atoms. The molecule has 4 nitrogen and oxygen atoms in total. The second-order valence-corrected chi connectivity index (χ2v) is 3.93. The number of nitrogens with one attached hydrogen (secondary N) is 2. The quantitative estimate of drug-likeness (QED) is 0.548. The van der Waals surface area contributed by atoms with Crippen LogP contribution in [-0.2, 0) is 4.79 Å². The van der Waals surface area contributed by atoms with Crippen LogP contribution in [0.25, 0.3) is 0 Å². The van der Waals surface area contributed by atoms with Gasteiger partial charge in [0.05, 0.1) is 12.1 Å². The summed E-state index contributed by atoms with van der Waals surface area (Å²) in [5.41, 5.74) is 0. The van der Waals surface area contributed by atoms with Crippen LogP contribution in [0.3, 0.4) is 0 Å². The highest BCUT2D eigenvalue weighted by atomic mass is 16.3. The summed E-state index contributed by atoms with van der Waals surface area (Å²) in [6, 6.07) is 0.0153. The number of amides is 1. The fourth-order valence-electron chi connectivity index (χ4n) is 1.64. The summed E-state index contributed by atoms with van der Waals surface area (Å²) in [5, 5.41) is 15.0. The van der Waals surface area contributed by atoms with Gasteiger partial charge in [-0.1, -0.05) is 0 Å². The van der Waals surface area contributed by atoms with E-state index in [0.717, 1.165) is 32.2 Å². The average molecular weight is 200 g/mol. The molecule has 0 spiro atoms. The molecule has 0 aromatic rings. The Balaban J connectivity index is 2.03. The Morgan fingerprint density at radius 1 is 1.71 bits per heavy atom. The zero-order valence-corrected chi connectivity index (χ0v) is 8.75. The van der Waals surface area contributed by atoms with Crippen LogP contribution in [0.4, 0.5) is 0 Å². The molecule has 0 aliphatic carbocycles. The van der Waals surface area contributed by atoms with Crippen molar-refractivity contribution in [1.82, 2.24) is 10.6 Å². The topological polar surface area (TPSA) is 61.4 Å². The molecule has 0 saturated carbocycles. The van der Waals surface area contributed by atoms with Gasteiger partial charge in [0, 0.05) is 6.54 Å². The minimum absolute atomic E-state index is 0.0153. The van der Waals surface area contributed by atoms with Crippen molar-refractivity contribution in [1.29, 1.82) is 0 Å². The number of hydrogen-bond donors (Lipinski definition) is 3. The molecule has 0 radical (unpaired) electrons. The van der Waals surface area contributed by atoms with E-state index in [0.29, 0.717) is 6.54 Å². The van der Waals surface area contributed by atoms with Crippen LogP contribution in [0.5, 0.6) is 0 Å². The third-order valence-electron chi connectivity index (χ3n) is 2.47. The van der Waals surface area contributed by atoms with Gasteiger partial charge in [0.25, 0.3) is 0 Å². The molecule has 0 bridgehead atoms. The summed E-state index contributed by atoms with van der Waals surface area (Å²) in [5.74, 6) is 0.105. The molecule has 1 amide bonds. The van der Waals surface area contributed by atoms with Crippen molar-refractivity contribution in [2.75, 3.05) is 13.1 Å². The van der Waals surface area contributed by atoms with Gasteiger partial charge >= 0.3 is 0 Å². The number of rotatable bonds is 5. The summed E-state index contributed by atoms with van der Waals surface area (Å²) in [4.78, 5) is 11.5. The monoisotopic (exact) mass is 200 g/mol. The molecular formula is C10H20N2O2. The molecule has 1 rings (SSSR count). The predicted octanol–water partition coefficient (Wildman–Crippen LogP) is 0.0156. The summed E-state index contributed by atoms with van der Waals surface area (Å²) >= 11 is 0. The zero-order chi connectivity index (χ0) is 10.4. The first-order valence-electron chi connectivity index (χ1n) is 5.39. The van der Waals surface area contributed by atoms with E-state index < -0.39 is 0 Å². The van der Waals surface area contributed by atoms with Crippen molar-refractivity contribution in [3.63, 3.8) is 0 Å². The number of aliphatic hydroxyl groups is 1. The maximum atomic E-state index is 11.5. The van der Waals surface area contributed by atoms with Crippen LogP contribution < -0.4 is 10.6 Å². The number of carbonyl (C=O) groups is 1. The second kappa shape index (κ2) is 5.98. The Morgan fingerprint density at radius 2 is 2.50 bits per heavy atom. The third kappa shape index (κ3) is 4.07. The van der Waals surface area contributed by atoms with Crippen LogP contribution in [0.15, 0.2) is 0 Å². The van der Waals surface area contributed by atoms with E-state index in [1.165, 1.54) is 0 Å². The molecule has 0 aromatic heterocycles. The molecule has 3 N–H and O–H groups in total. The van der Waals surface area contributed by atoms with Crippen molar-refractivity contribution in [3.8, 4) is 0 Å². The number of hydrogen-bond acceptors (Lipinski definition) is 3. The maximum Gasteiger partial charge on any atom is 0.237 e. The van der Waals surface area contributed by atoms with Gasteiger partial charge < -0.3 is 15.7 Å². The van der Waals surface area contributed by atoms with Gasteiger partial charge in [-0.2, -0.15) is 0 Å². The average Bonchev–Trinajstić information content (AvgIpc) is 2.64. The molecule has 1 fully saturated rings. The molecule has 1 aliphatic rings. The Morgan fingerprint density at radius 3 is 3.07 bits per heavy atom. The van der Waals surface area contributed by atoms with Gasteiger partial charge in [-0.3, -0.25) is 4.79 Å². The highest BCUT2D eigenvalue weighted by Crippen LogP contribution is 2.04. The smallest absolute Gasteiger partial charge is 0.237 e. The highest BCUT2D eigenvalue weighted by Gasteiger charge is 2.20. The summed E-state index contributed by atoms with van der Waals surface area (Å²) in [6.45, 7) is 3.38. The van der Waals surface area contributed by atoms with Gasteiger partial charge in [0.2, 0.25) is 5.91 Å². The molecule has 1 heterocycles. The minimum atomic E-state index is -0.267. The first-order valence-corrected chi connectivity index (χ1v) is 5.39. The van der Waals surface area contributed by atoms with E-state index in [1.54, 1.807) is 6.92 Å². The van der Waals surface area contributed by atoms with Crippen LogP contribution >= 0.6 is 0 Å². The Hall–Kier alpha value is -0.610. The predicted molar refractivity (Wildman–Crippen MR) is 54.9 cm³/mol. The lowest BCUT2D eigenvalue weighted by molar-refractivity contribution is -0.122. The zero-order valence-electron chi connectivity index (χ0n) is 8.75. The highest BCUT2D eigenvalue weighted by molar-refractivity contribution is 5.81. The van der Waals surface area contributed by atoms with Crippen LogP contribution in [0, 0.1) is 0 Å². The molecule has 2 atom stereocenters. The standard InChI is InChI=1S/C10H20N2O2/c1-8(13)4-2-7-12-10(14)9-5-3-6-11-9/h8-9,11,13H,2-7H2,1H3,(H,12,14). The van der Waals surface area contributed by atoms with Crippen molar-refractivity contribution in [2.24, 2.45) is 0 Å². The van der Waals surface area contributed by atoms with E-state index in [4.69, 9.17) is 5.11 Å². The van der Waals surface area contributed by atoms with E-state index in [-0.39, 0.29) is 18.1 Å². The van der Waals surface area contributed by atoms with Crippen molar-refractivity contribution < 1.29 is 9.90 Å². The molecule has 82 valence electrons. The lowest BCUT2D eigenvalue weighted by Crippen LogP contribution is -2.40. The van der Waals surface area contributed by atoms with Gasteiger partial charge in [-0.05, 0) is 39.2 Å². The van der Waals surface area contributed by atoms with Crippen LogP contribution in [0.1, 0.15) is 32.6 Å². The lowest BCUT2D eigenvalue weighted by atomic mass is 10.2. The van der Waals surface area contributed by atoms with E-state index >= 15 is 0 Å².